The third kappa shape index (κ3) is 1.20. The lowest BCUT2D eigenvalue weighted by Crippen LogP contribution is -1.87. The highest BCUT2D eigenvalue weighted by atomic mass is 14.8. The van der Waals surface area contributed by atoms with E-state index in [2.05, 4.69) is 19.9 Å². The molecule has 4 heteroatoms. The molecule has 2 N–H and O–H groups in total. The third-order valence-corrected chi connectivity index (χ3v) is 3.18. The minimum Gasteiger partial charge on any atom is -0.361 e. The number of fused-ring (bicyclic) bond motifs is 2. The fourth-order valence-electron chi connectivity index (χ4n) is 2.35. The predicted molar refractivity (Wildman–Crippen MR) is 71.2 cm³/mol. The van der Waals surface area contributed by atoms with Gasteiger partial charge in [0.15, 0.2) is 0 Å². The van der Waals surface area contributed by atoms with E-state index in [1.165, 1.54) is 0 Å². The lowest BCUT2D eigenvalue weighted by molar-refractivity contribution is 1.33. The van der Waals surface area contributed by atoms with Crippen molar-refractivity contribution in [1.29, 1.82) is 0 Å². The lowest BCUT2D eigenvalue weighted by atomic mass is 10.1. The van der Waals surface area contributed by atoms with Gasteiger partial charge < -0.3 is 9.97 Å². The molecule has 0 bridgehead atoms. The van der Waals surface area contributed by atoms with Crippen molar-refractivity contribution >= 4 is 21.9 Å². The molecule has 0 saturated heterocycles. The molecule has 0 atom stereocenters. The zero-order chi connectivity index (χ0) is 11.9. The normalized spacial score (nSPS) is 11.3. The van der Waals surface area contributed by atoms with Crippen LogP contribution in [0.25, 0.3) is 33.2 Å². The molecular formula is C14H10N4. The smallest absolute Gasteiger partial charge is 0.0885 e. The van der Waals surface area contributed by atoms with Gasteiger partial charge >= 0.3 is 0 Å². The van der Waals surface area contributed by atoms with Gasteiger partial charge in [-0.05, 0) is 24.3 Å². The summed E-state index contributed by atoms with van der Waals surface area (Å²) in [6, 6.07) is 7.99. The van der Waals surface area contributed by atoms with E-state index in [9.17, 15) is 0 Å². The summed E-state index contributed by atoms with van der Waals surface area (Å²) >= 11 is 0. The van der Waals surface area contributed by atoms with E-state index in [0.29, 0.717) is 0 Å². The molecule has 4 heterocycles. The number of hydrogen-bond acceptors (Lipinski definition) is 2. The van der Waals surface area contributed by atoms with Crippen molar-refractivity contribution in [2.45, 2.75) is 0 Å². The quantitative estimate of drug-likeness (QED) is 0.531. The predicted octanol–water partition coefficient (Wildman–Crippen LogP) is 3.11. The number of hydrogen-bond donors (Lipinski definition) is 2. The molecule has 4 nitrogen and oxygen atoms in total. The van der Waals surface area contributed by atoms with E-state index in [1.54, 1.807) is 0 Å². The Labute approximate surface area is 103 Å². The van der Waals surface area contributed by atoms with Gasteiger partial charge in [0.2, 0.25) is 0 Å². The van der Waals surface area contributed by atoms with Crippen LogP contribution in [0.1, 0.15) is 0 Å². The fourth-order valence-corrected chi connectivity index (χ4v) is 2.35. The minimum atomic E-state index is 0.960. The summed E-state index contributed by atoms with van der Waals surface area (Å²) in [6.45, 7) is 0. The standard InChI is InChI=1S/C14H10N4/c1-5-15-11-3-7-17-13(9(1)11)10-2-6-16-12-4-8-18-14(10)12/h1-8,15,18H. The first-order valence-electron chi connectivity index (χ1n) is 5.78. The molecule has 0 aliphatic carbocycles. The molecule has 86 valence electrons. The number of rotatable bonds is 1. The number of aromatic nitrogens is 4. The second kappa shape index (κ2) is 3.43. The maximum absolute atomic E-state index is 4.51. The van der Waals surface area contributed by atoms with Gasteiger partial charge in [-0.2, -0.15) is 0 Å². The van der Waals surface area contributed by atoms with E-state index < -0.39 is 0 Å². The summed E-state index contributed by atoms with van der Waals surface area (Å²) in [5.74, 6) is 0. The van der Waals surface area contributed by atoms with Gasteiger partial charge in [-0.15, -0.1) is 0 Å². The molecule has 0 unspecified atom stereocenters. The summed E-state index contributed by atoms with van der Waals surface area (Å²) in [5.41, 5.74) is 5.14. The van der Waals surface area contributed by atoms with Crippen molar-refractivity contribution in [1.82, 2.24) is 19.9 Å². The van der Waals surface area contributed by atoms with Crippen molar-refractivity contribution in [3.63, 3.8) is 0 Å². The topological polar surface area (TPSA) is 57.4 Å². The Morgan fingerprint density at radius 1 is 0.833 bits per heavy atom. The highest BCUT2D eigenvalue weighted by molar-refractivity contribution is 6.00. The Bertz CT molecular complexity index is 769. The van der Waals surface area contributed by atoms with Crippen molar-refractivity contribution in [3.05, 3.63) is 49.1 Å². The third-order valence-electron chi connectivity index (χ3n) is 3.18. The lowest BCUT2D eigenvalue weighted by Gasteiger charge is -2.03. The van der Waals surface area contributed by atoms with Gasteiger partial charge in [0.25, 0.3) is 0 Å². The van der Waals surface area contributed by atoms with Crippen molar-refractivity contribution < 1.29 is 0 Å². The Kier molecular flexibility index (Phi) is 1.80. The van der Waals surface area contributed by atoms with Gasteiger partial charge in [0.1, 0.15) is 0 Å². The fraction of sp³-hybridized carbons (Fsp3) is 0. The summed E-state index contributed by atoms with van der Waals surface area (Å²) in [4.78, 5) is 15.3. The van der Waals surface area contributed by atoms with Crippen LogP contribution in [0.15, 0.2) is 49.1 Å². The minimum absolute atomic E-state index is 0.960. The maximum Gasteiger partial charge on any atom is 0.0885 e. The van der Waals surface area contributed by atoms with Gasteiger partial charge in [-0.1, -0.05) is 0 Å². The molecule has 0 spiro atoms. The van der Waals surface area contributed by atoms with Gasteiger partial charge in [-0.3, -0.25) is 9.97 Å². The zero-order valence-corrected chi connectivity index (χ0v) is 9.51. The van der Waals surface area contributed by atoms with Crippen LogP contribution in [-0.2, 0) is 0 Å². The van der Waals surface area contributed by atoms with E-state index >= 15 is 0 Å². The average Bonchev–Trinajstić information content (AvgIpc) is 3.06. The monoisotopic (exact) mass is 234 g/mol. The SMILES string of the molecule is c1cc2[nH]ccc2c(-c2ccnc3cc[nH]c23)n1. The molecule has 4 rings (SSSR count). The number of aromatic amines is 2. The molecule has 0 aliphatic rings. The Balaban J connectivity index is 2.13. The summed E-state index contributed by atoms with van der Waals surface area (Å²) in [7, 11) is 0. The van der Waals surface area contributed by atoms with E-state index in [1.807, 2.05) is 49.1 Å². The number of nitrogens with zero attached hydrogens (tertiary/aromatic N) is 2. The largest absolute Gasteiger partial charge is 0.361 e. The van der Waals surface area contributed by atoms with Crippen molar-refractivity contribution in [3.8, 4) is 11.3 Å². The van der Waals surface area contributed by atoms with E-state index in [0.717, 1.165) is 33.2 Å². The molecule has 4 aromatic heterocycles. The van der Waals surface area contributed by atoms with Crippen molar-refractivity contribution in [2.24, 2.45) is 0 Å². The maximum atomic E-state index is 4.51. The van der Waals surface area contributed by atoms with Crippen molar-refractivity contribution in [2.75, 3.05) is 0 Å². The molecule has 18 heavy (non-hydrogen) atoms. The number of H-pyrrole nitrogens is 2. The van der Waals surface area contributed by atoms with Gasteiger partial charge in [0, 0.05) is 41.3 Å². The first kappa shape index (κ1) is 9.41. The molecule has 0 saturated carbocycles. The summed E-state index contributed by atoms with van der Waals surface area (Å²) < 4.78 is 0. The highest BCUT2D eigenvalue weighted by Crippen LogP contribution is 2.29. The van der Waals surface area contributed by atoms with Crippen LogP contribution in [0.2, 0.25) is 0 Å². The van der Waals surface area contributed by atoms with Crippen LogP contribution in [0.3, 0.4) is 0 Å². The van der Waals surface area contributed by atoms with Crippen LogP contribution in [0, 0.1) is 0 Å². The molecule has 0 amide bonds. The second-order valence-electron chi connectivity index (χ2n) is 4.19. The van der Waals surface area contributed by atoms with Gasteiger partial charge in [0.05, 0.1) is 16.7 Å². The zero-order valence-electron chi connectivity index (χ0n) is 9.51. The van der Waals surface area contributed by atoms with Crippen LogP contribution in [0.5, 0.6) is 0 Å². The molecule has 0 aromatic carbocycles. The van der Waals surface area contributed by atoms with Crippen LogP contribution in [-0.4, -0.2) is 19.9 Å². The molecule has 0 radical (unpaired) electrons. The second-order valence-corrected chi connectivity index (χ2v) is 4.19. The Hall–Kier alpha value is -2.62. The molecular weight excluding hydrogens is 224 g/mol. The Morgan fingerprint density at radius 3 is 2.72 bits per heavy atom. The first-order valence-corrected chi connectivity index (χ1v) is 5.78. The number of pyridine rings is 2. The number of nitrogens with one attached hydrogen (secondary N) is 2. The average molecular weight is 234 g/mol. The Morgan fingerprint density at radius 2 is 1.72 bits per heavy atom. The molecule has 4 aromatic rings. The van der Waals surface area contributed by atoms with Crippen LogP contribution < -0.4 is 0 Å². The van der Waals surface area contributed by atoms with Crippen LogP contribution >= 0.6 is 0 Å². The highest BCUT2D eigenvalue weighted by Gasteiger charge is 2.10. The van der Waals surface area contributed by atoms with Gasteiger partial charge in [-0.25, -0.2) is 0 Å². The van der Waals surface area contributed by atoms with Crippen LogP contribution in [0.4, 0.5) is 0 Å². The summed E-state index contributed by atoms with van der Waals surface area (Å²) in [5, 5.41) is 1.12. The summed E-state index contributed by atoms with van der Waals surface area (Å²) in [6.07, 6.45) is 7.48. The molecule has 0 aliphatic heterocycles. The van der Waals surface area contributed by atoms with E-state index in [-0.39, 0.29) is 0 Å². The molecule has 0 fully saturated rings. The van der Waals surface area contributed by atoms with E-state index in [4.69, 9.17) is 0 Å². The first-order chi connectivity index (χ1) is 8.93.